The number of hydrogen-bond donors (Lipinski definition) is 2. The Labute approximate surface area is 163 Å². The Morgan fingerprint density at radius 3 is 2.81 bits per heavy atom. The van der Waals surface area contributed by atoms with E-state index in [0.29, 0.717) is 0 Å². The summed E-state index contributed by atoms with van der Waals surface area (Å²) in [6.07, 6.45) is 5.84. The molecule has 4 aromatic rings. The van der Waals surface area contributed by atoms with Gasteiger partial charge < -0.3 is 5.73 Å². The third kappa shape index (κ3) is 3.18. The quantitative estimate of drug-likeness (QED) is 0.290. The summed E-state index contributed by atoms with van der Waals surface area (Å²) in [5.41, 5.74) is 9.57. The van der Waals surface area contributed by atoms with Crippen LogP contribution < -0.4 is 5.73 Å². The maximum absolute atomic E-state index is 7.66. The molecule has 3 aromatic heterocycles. The van der Waals surface area contributed by atoms with Crippen molar-refractivity contribution in [2.24, 2.45) is 5.73 Å². The highest BCUT2D eigenvalue weighted by Crippen LogP contribution is 2.40. The summed E-state index contributed by atoms with van der Waals surface area (Å²) in [6.45, 7) is 0. The fourth-order valence-electron chi connectivity index (χ4n) is 2.51. The fraction of sp³-hybridized carbons (Fsp3) is 0.0556. The molecule has 1 aromatic carbocycles. The van der Waals surface area contributed by atoms with E-state index in [9.17, 15) is 0 Å². The lowest BCUT2D eigenvalue weighted by Crippen LogP contribution is -2.08. The Kier molecular flexibility index (Phi) is 4.62. The fourth-order valence-corrected chi connectivity index (χ4v) is 5.23. The minimum atomic E-state index is 0.0949. The second kappa shape index (κ2) is 7.06. The zero-order valence-corrected chi connectivity index (χ0v) is 16.3. The molecule has 0 fully saturated rings. The van der Waals surface area contributed by atoms with Crippen LogP contribution in [0.25, 0.3) is 27.5 Å². The smallest absolute Gasteiger partial charge is 0.133 e. The lowest BCUT2D eigenvalue weighted by Gasteiger charge is -1.98. The molecule has 4 rings (SSSR count). The highest BCUT2D eigenvalue weighted by molar-refractivity contribution is 8.00. The number of para-hydroxylation sites is 1. The number of thiophene rings is 1. The summed E-state index contributed by atoms with van der Waals surface area (Å²) in [6, 6.07) is 12.0. The standard InChI is InChI=1S/C18H15N5S3/c1-24-18-13(7-15(26-18)16(19)20)17-22-14(10-25-17)11-8-21-23(9-11)12-5-3-2-4-6-12/h2-10H,1H3,(H3,19,20). The van der Waals surface area contributed by atoms with Crippen LogP contribution in [-0.4, -0.2) is 26.9 Å². The monoisotopic (exact) mass is 397 g/mol. The molecule has 0 aliphatic heterocycles. The van der Waals surface area contributed by atoms with Crippen molar-refractivity contribution in [1.29, 1.82) is 5.41 Å². The largest absolute Gasteiger partial charge is 0.383 e. The molecule has 0 atom stereocenters. The molecule has 0 unspecified atom stereocenters. The molecule has 0 saturated carbocycles. The number of aromatic nitrogens is 3. The molecule has 5 nitrogen and oxygen atoms in total. The van der Waals surface area contributed by atoms with Gasteiger partial charge in [0.1, 0.15) is 10.8 Å². The molecule has 0 radical (unpaired) electrons. The molecule has 8 heteroatoms. The second-order valence-corrected chi connectivity index (χ2v) is 8.46. The molecule has 3 heterocycles. The van der Waals surface area contributed by atoms with Gasteiger partial charge in [0.15, 0.2) is 0 Å². The van der Waals surface area contributed by atoms with Crippen molar-refractivity contribution in [2.45, 2.75) is 4.21 Å². The van der Waals surface area contributed by atoms with Gasteiger partial charge >= 0.3 is 0 Å². The minimum absolute atomic E-state index is 0.0949. The number of thioether (sulfide) groups is 1. The topological polar surface area (TPSA) is 80.6 Å². The van der Waals surface area contributed by atoms with Crippen LogP contribution in [0.5, 0.6) is 0 Å². The van der Waals surface area contributed by atoms with Crippen LogP contribution in [0.1, 0.15) is 4.88 Å². The SMILES string of the molecule is CSc1sc(C(=N)N)cc1-c1nc(-c2cnn(-c3ccccc3)c2)cs1. The van der Waals surface area contributed by atoms with E-state index < -0.39 is 0 Å². The van der Waals surface area contributed by atoms with Crippen molar-refractivity contribution in [2.75, 3.05) is 6.26 Å². The van der Waals surface area contributed by atoms with Crippen molar-refractivity contribution in [3.8, 4) is 27.5 Å². The van der Waals surface area contributed by atoms with E-state index in [-0.39, 0.29) is 5.84 Å². The van der Waals surface area contributed by atoms with Crippen LogP contribution in [0.2, 0.25) is 0 Å². The first-order valence-electron chi connectivity index (χ1n) is 7.74. The van der Waals surface area contributed by atoms with Gasteiger partial charge in [-0.1, -0.05) is 18.2 Å². The Morgan fingerprint density at radius 1 is 1.27 bits per heavy atom. The van der Waals surface area contributed by atoms with Crippen LogP contribution in [0.3, 0.4) is 0 Å². The molecule has 130 valence electrons. The number of thiazole rings is 1. The number of hydrogen-bond acceptors (Lipinski definition) is 6. The van der Waals surface area contributed by atoms with Crippen LogP contribution in [0.4, 0.5) is 0 Å². The average molecular weight is 398 g/mol. The number of rotatable bonds is 5. The van der Waals surface area contributed by atoms with E-state index in [2.05, 4.69) is 5.10 Å². The summed E-state index contributed by atoms with van der Waals surface area (Å²) in [5.74, 6) is 0.0949. The lowest BCUT2D eigenvalue weighted by atomic mass is 10.2. The maximum atomic E-state index is 7.66. The van der Waals surface area contributed by atoms with Crippen LogP contribution in [0, 0.1) is 5.41 Å². The van der Waals surface area contributed by atoms with E-state index in [0.717, 1.165) is 36.6 Å². The van der Waals surface area contributed by atoms with Gasteiger partial charge in [-0.05, 0) is 24.5 Å². The molecule has 0 spiro atoms. The average Bonchev–Trinajstić information content (AvgIpc) is 3.39. The molecule has 26 heavy (non-hydrogen) atoms. The van der Waals surface area contributed by atoms with Gasteiger partial charge in [-0.15, -0.1) is 34.4 Å². The molecule has 0 bridgehead atoms. The third-order valence-electron chi connectivity index (χ3n) is 3.78. The van der Waals surface area contributed by atoms with E-state index in [1.54, 1.807) is 23.1 Å². The first kappa shape index (κ1) is 17.0. The predicted octanol–water partition coefficient (Wildman–Crippen LogP) is 4.73. The van der Waals surface area contributed by atoms with E-state index in [1.807, 2.05) is 65.1 Å². The number of amidine groups is 1. The zero-order chi connectivity index (χ0) is 18.1. The molecule has 0 saturated heterocycles. The van der Waals surface area contributed by atoms with E-state index in [1.165, 1.54) is 11.3 Å². The number of nitrogens with two attached hydrogens (primary N) is 1. The molecule has 0 aliphatic rings. The second-order valence-electron chi connectivity index (χ2n) is 5.48. The first-order chi connectivity index (χ1) is 12.7. The van der Waals surface area contributed by atoms with Crippen molar-refractivity contribution in [3.63, 3.8) is 0 Å². The predicted molar refractivity (Wildman–Crippen MR) is 111 cm³/mol. The molecule has 0 amide bonds. The molecule has 3 N–H and O–H groups in total. The Morgan fingerprint density at radius 2 is 2.08 bits per heavy atom. The van der Waals surface area contributed by atoms with Crippen molar-refractivity contribution < 1.29 is 0 Å². The van der Waals surface area contributed by atoms with Gasteiger partial charge in [-0.2, -0.15) is 5.10 Å². The zero-order valence-electron chi connectivity index (χ0n) is 13.8. The van der Waals surface area contributed by atoms with Crippen molar-refractivity contribution in [3.05, 3.63) is 59.0 Å². The molecular formula is C18H15N5S3. The number of nitrogens with zero attached hydrogens (tertiary/aromatic N) is 3. The van der Waals surface area contributed by atoms with E-state index in [4.69, 9.17) is 16.1 Å². The Bertz CT molecular complexity index is 1060. The van der Waals surface area contributed by atoms with Gasteiger partial charge in [-0.3, -0.25) is 5.41 Å². The highest BCUT2D eigenvalue weighted by Gasteiger charge is 2.16. The first-order valence-corrected chi connectivity index (χ1v) is 10.7. The summed E-state index contributed by atoms with van der Waals surface area (Å²) < 4.78 is 2.97. The van der Waals surface area contributed by atoms with Crippen LogP contribution >= 0.6 is 34.4 Å². The highest BCUT2D eigenvalue weighted by atomic mass is 32.2. The van der Waals surface area contributed by atoms with Gasteiger partial charge in [0.05, 0.1) is 26.7 Å². The Hall–Kier alpha value is -2.42. The van der Waals surface area contributed by atoms with Crippen LogP contribution in [0.15, 0.2) is 58.4 Å². The van der Waals surface area contributed by atoms with Crippen molar-refractivity contribution >= 4 is 40.3 Å². The van der Waals surface area contributed by atoms with E-state index >= 15 is 0 Å². The third-order valence-corrected chi connectivity index (χ3v) is 6.96. The number of nitrogen functional groups attached to an aromatic ring is 1. The Balaban J connectivity index is 1.67. The summed E-state index contributed by atoms with van der Waals surface area (Å²) in [4.78, 5) is 5.56. The number of nitrogens with one attached hydrogen (secondary N) is 1. The van der Waals surface area contributed by atoms with Gasteiger partial charge in [0.25, 0.3) is 0 Å². The lowest BCUT2D eigenvalue weighted by molar-refractivity contribution is 0.881. The normalized spacial score (nSPS) is 11.0. The maximum Gasteiger partial charge on any atom is 0.133 e. The molecule has 0 aliphatic carbocycles. The summed E-state index contributed by atoms with van der Waals surface area (Å²) in [7, 11) is 0. The van der Waals surface area contributed by atoms with Gasteiger partial charge in [0.2, 0.25) is 0 Å². The van der Waals surface area contributed by atoms with Gasteiger partial charge in [-0.25, -0.2) is 9.67 Å². The minimum Gasteiger partial charge on any atom is -0.383 e. The molecular weight excluding hydrogens is 382 g/mol. The summed E-state index contributed by atoms with van der Waals surface area (Å²) in [5, 5.41) is 15.1. The van der Waals surface area contributed by atoms with Crippen LogP contribution in [-0.2, 0) is 0 Å². The number of benzene rings is 1. The van der Waals surface area contributed by atoms with Gasteiger partial charge in [0, 0.05) is 22.7 Å². The van der Waals surface area contributed by atoms with Crippen molar-refractivity contribution in [1.82, 2.24) is 14.8 Å². The summed E-state index contributed by atoms with van der Waals surface area (Å²) >= 11 is 4.78.